The highest BCUT2D eigenvalue weighted by atomic mass is 32.2. The molecule has 0 bridgehead atoms. The van der Waals surface area contributed by atoms with Crippen LogP contribution < -0.4 is 10.6 Å². The van der Waals surface area contributed by atoms with E-state index in [4.69, 9.17) is 5.11 Å². The molecule has 3 N–H and O–H groups in total. The van der Waals surface area contributed by atoms with Crippen LogP contribution >= 0.6 is 23.1 Å². The highest BCUT2D eigenvalue weighted by molar-refractivity contribution is 8.00. The summed E-state index contributed by atoms with van der Waals surface area (Å²) in [5, 5.41) is 16.0. The van der Waals surface area contributed by atoms with Crippen LogP contribution in [0.15, 0.2) is 70.9 Å². The fraction of sp³-hybridized carbons (Fsp3) is 0.0952. The molecular formula is C21H18N2O4S2. The van der Waals surface area contributed by atoms with E-state index >= 15 is 0 Å². The van der Waals surface area contributed by atoms with Gasteiger partial charge in [0.2, 0.25) is 5.91 Å². The molecule has 1 aromatic heterocycles. The Bertz CT molecular complexity index is 1020. The van der Waals surface area contributed by atoms with Crippen molar-refractivity contribution in [2.24, 2.45) is 0 Å². The molecule has 0 spiro atoms. The highest BCUT2D eigenvalue weighted by Gasteiger charge is 2.15. The minimum Gasteiger partial charge on any atom is -0.478 e. The first-order valence-corrected chi connectivity index (χ1v) is 10.4. The van der Waals surface area contributed by atoms with Crippen molar-refractivity contribution >= 4 is 52.3 Å². The second-order valence-corrected chi connectivity index (χ2v) is 8.45. The molecule has 2 aromatic carbocycles. The van der Waals surface area contributed by atoms with E-state index in [1.165, 1.54) is 35.2 Å². The first-order valence-electron chi connectivity index (χ1n) is 8.68. The third-order valence-corrected chi connectivity index (χ3v) is 5.88. The molecule has 0 saturated heterocycles. The van der Waals surface area contributed by atoms with Gasteiger partial charge in [0.25, 0.3) is 5.91 Å². The number of carboxylic acids is 1. The summed E-state index contributed by atoms with van der Waals surface area (Å²) in [5.74, 6) is -1.39. The SMILES string of the molecule is CC(Sc1cccc(NC(=O)c2cccs2)c1)C(=O)Nc1ccc(C(=O)O)cc1. The van der Waals surface area contributed by atoms with E-state index in [1.54, 1.807) is 31.2 Å². The molecule has 8 heteroatoms. The van der Waals surface area contributed by atoms with Crippen molar-refractivity contribution in [1.82, 2.24) is 0 Å². The summed E-state index contributed by atoms with van der Waals surface area (Å²) in [6, 6.07) is 16.9. The number of carbonyl (C=O) groups is 3. The van der Waals surface area contributed by atoms with Gasteiger partial charge in [0.1, 0.15) is 0 Å². The molecule has 29 heavy (non-hydrogen) atoms. The van der Waals surface area contributed by atoms with Crippen LogP contribution in [0.5, 0.6) is 0 Å². The number of amides is 2. The molecule has 0 radical (unpaired) electrons. The maximum absolute atomic E-state index is 12.4. The Balaban J connectivity index is 1.59. The Morgan fingerprint density at radius 2 is 1.72 bits per heavy atom. The van der Waals surface area contributed by atoms with Crippen molar-refractivity contribution in [2.75, 3.05) is 10.6 Å². The van der Waals surface area contributed by atoms with Gasteiger partial charge in [-0.2, -0.15) is 0 Å². The molecule has 3 rings (SSSR count). The number of anilines is 2. The monoisotopic (exact) mass is 426 g/mol. The molecule has 1 unspecified atom stereocenters. The van der Waals surface area contributed by atoms with Crippen molar-refractivity contribution < 1.29 is 19.5 Å². The van der Waals surface area contributed by atoms with Gasteiger partial charge in [-0.3, -0.25) is 9.59 Å². The molecule has 0 saturated carbocycles. The lowest BCUT2D eigenvalue weighted by Gasteiger charge is -2.13. The molecule has 1 atom stereocenters. The van der Waals surface area contributed by atoms with Gasteiger partial charge in [-0.05, 0) is 60.8 Å². The van der Waals surface area contributed by atoms with Crippen molar-refractivity contribution in [1.29, 1.82) is 0 Å². The molecule has 3 aromatic rings. The number of hydrogen-bond acceptors (Lipinski definition) is 5. The Morgan fingerprint density at radius 3 is 2.38 bits per heavy atom. The zero-order chi connectivity index (χ0) is 20.8. The number of thiophene rings is 1. The quantitative estimate of drug-likeness (QED) is 0.471. The molecular weight excluding hydrogens is 408 g/mol. The number of carbonyl (C=O) groups excluding carboxylic acids is 2. The highest BCUT2D eigenvalue weighted by Crippen LogP contribution is 2.27. The summed E-state index contributed by atoms with van der Waals surface area (Å²) in [7, 11) is 0. The standard InChI is InChI=1S/C21H18N2O4S2/c1-13(19(24)22-15-9-7-14(8-10-15)21(26)27)29-17-5-2-4-16(12-17)23-20(25)18-6-3-11-28-18/h2-13H,1H3,(H,22,24)(H,23,25)(H,26,27). The third-order valence-electron chi connectivity index (χ3n) is 3.92. The molecule has 0 aliphatic rings. The molecule has 1 heterocycles. The summed E-state index contributed by atoms with van der Waals surface area (Å²) in [4.78, 5) is 37.0. The summed E-state index contributed by atoms with van der Waals surface area (Å²) in [6.45, 7) is 1.78. The largest absolute Gasteiger partial charge is 0.478 e. The van der Waals surface area contributed by atoms with Crippen LogP contribution in [-0.2, 0) is 4.79 Å². The lowest BCUT2D eigenvalue weighted by atomic mass is 10.2. The lowest BCUT2D eigenvalue weighted by molar-refractivity contribution is -0.115. The molecule has 2 amide bonds. The van der Waals surface area contributed by atoms with Crippen LogP contribution in [0.3, 0.4) is 0 Å². The Morgan fingerprint density at radius 1 is 0.966 bits per heavy atom. The van der Waals surface area contributed by atoms with Crippen molar-refractivity contribution in [3.8, 4) is 0 Å². The summed E-state index contributed by atoms with van der Waals surface area (Å²) in [6.07, 6.45) is 0. The van der Waals surface area contributed by atoms with Gasteiger partial charge < -0.3 is 15.7 Å². The number of nitrogens with one attached hydrogen (secondary N) is 2. The van der Waals surface area contributed by atoms with Crippen LogP contribution in [0, 0.1) is 0 Å². The Hall–Kier alpha value is -3.10. The average molecular weight is 427 g/mol. The number of aromatic carboxylic acids is 1. The zero-order valence-corrected chi connectivity index (χ0v) is 17.0. The predicted octanol–water partition coefficient (Wildman–Crippen LogP) is 4.82. The fourth-order valence-electron chi connectivity index (χ4n) is 2.45. The number of rotatable bonds is 7. The first-order chi connectivity index (χ1) is 13.9. The normalized spacial score (nSPS) is 11.5. The summed E-state index contributed by atoms with van der Waals surface area (Å²) >= 11 is 2.73. The summed E-state index contributed by atoms with van der Waals surface area (Å²) in [5.41, 5.74) is 1.35. The van der Waals surface area contributed by atoms with Crippen LogP contribution in [0.2, 0.25) is 0 Å². The first kappa shape index (κ1) is 20.6. The van der Waals surface area contributed by atoms with Gasteiger partial charge in [0, 0.05) is 16.3 Å². The van der Waals surface area contributed by atoms with E-state index in [2.05, 4.69) is 10.6 Å². The molecule has 0 aliphatic carbocycles. The number of carboxylic acid groups (broad SMARTS) is 1. The molecule has 0 aliphatic heterocycles. The lowest BCUT2D eigenvalue weighted by Crippen LogP contribution is -2.22. The Labute approximate surface area is 176 Å². The number of thioether (sulfide) groups is 1. The number of hydrogen-bond donors (Lipinski definition) is 3. The van der Waals surface area contributed by atoms with Crippen LogP contribution in [0.25, 0.3) is 0 Å². The Kier molecular flexibility index (Phi) is 6.69. The van der Waals surface area contributed by atoms with E-state index in [0.29, 0.717) is 16.3 Å². The third kappa shape index (κ3) is 5.69. The topological polar surface area (TPSA) is 95.5 Å². The van der Waals surface area contributed by atoms with E-state index in [9.17, 15) is 14.4 Å². The van der Waals surface area contributed by atoms with Crippen LogP contribution in [-0.4, -0.2) is 28.1 Å². The minimum atomic E-state index is -1.02. The van der Waals surface area contributed by atoms with Crippen molar-refractivity contribution in [2.45, 2.75) is 17.1 Å². The summed E-state index contributed by atoms with van der Waals surface area (Å²) < 4.78 is 0. The van der Waals surface area contributed by atoms with Gasteiger partial charge in [0.05, 0.1) is 15.7 Å². The second-order valence-electron chi connectivity index (χ2n) is 6.09. The van der Waals surface area contributed by atoms with E-state index in [1.807, 2.05) is 29.6 Å². The van der Waals surface area contributed by atoms with Crippen molar-refractivity contribution in [3.63, 3.8) is 0 Å². The smallest absolute Gasteiger partial charge is 0.335 e. The zero-order valence-electron chi connectivity index (χ0n) is 15.4. The maximum atomic E-state index is 12.4. The molecule has 0 fully saturated rings. The van der Waals surface area contributed by atoms with Gasteiger partial charge in [-0.25, -0.2) is 4.79 Å². The van der Waals surface area contributed by atoms with Gasteiger partial charge in [0.15, 0.2) is 0 Å². The maximum Gasteiger partial charge on any atom is 0.335 e. The van der Waals surface area contributed by atoms with E-state index in [0.717, 1.165) is 4.90 Å². The van der Waals surface area contributed by atoms with Crippen molar-refractivity contribution in [3.05, 3.63) is 76.5 Å². The minimum absolute atomic E-state index is 0.159. The molecule has 148 valence electrons. The fourth-order valence-corrected chi connectivity index (χ4v) is 3.99. The second kappa shape index (κ2) is 9.40. The predicted molar refractivity (Wildman–Crippen MR) is 116 cm³/mol. The van der Waals surface area contributed by atoms with Gasteiger partial charge in [-0.1, -0.05) is 12.1 Å². The van der Waals surface area contributed by atoms with E-state index < -0.39 is 11.2 Å². The van der Waals surface area contributed by atoms with Crippen LogP contribution in [0.1, 0.15) is 27.0 Å². The van der Waals surface area contributed by atoms with Gasteiger partial charge in [-0.15, -0.1) is 23.1 Å². The molecule has 6 nitrogen and oxygen atoms in total. The van der Waals surface area contributed by atoms with E-state index in [-0.39, 0.29) is 17.4 Å². The number of benzene rings is 2. The van der Waals surface area contributed by atoms with Crippen LogP contribution in [0.4, 0.5) is 11.4 Å². The van der Waals surface area contributed by atoms with Gasteiger partial charge >= 0.3 is 5.97 Å². The average Bonchev–Trinajstić information content (AvgIpc) is 3.23.